The number of aromatic amines is 1. The quantitative estimate of drug-likeness (QED) is 0.496. The summed E-state index contributed by atoms with van der Waals surface area (Å²) < 4.78 is 0. The average molecular weight is 421 g/mol. The van der Waals surface area contributed by atoms with Crippen LogP contribution < -0.4 is 10.6 Å². The zero-order valence-electron chi connectivity index (χ0n) is 14.1. The molecule has 2 aromatic rings. The molecule has 1 amide bonds. The number of imidazole rings is 1. The number of carbonyl (C=O) groups is 2. The van der Waals surface area contributed by atoms with Gasteiger partial charge in [-0.05, 0) is 42.7 Å². The summed E-state index contributed by atoms with van der Waals surface area (Å²) >= 11 is 1.55. The Morgan fingerprint density at radius 1 is 1.27 bits per heavy atom. The van der Waals surface area contributed by atoms with E-state index in [1.807, 2.05) is 6.26 Å². The molecule has 4 N–H and O–H groups in total. The topological polar surface area (TPSA) is 107 Å². The molecule has 1 aromatic heterocycles. The number of thioether (sulfide) groups is 1. The molecule has 7 nitrogen and oxygen atoms in total. The van der Waals surface area contributed by atoms with Crippen LogP contribution in [0.5, 0.6) is 0 Å². The van der Waals surface area contributed by atoms with Gasteiger partial charge in [-0.3, -0.25) is 4.79 Å². The van der Waals surface area contributed by atoms with Crippen molar-refractivity contribution in [1.82, 2.24) is 15.3 Å². The number of carboxylic acid groups (broad SMARTS) is 1. The second-order valence-electron chi connectivity index (χ2n) is 5.15. The first-order chi connectivity index (χ1) is 11.6. The molecular formula is C16H22Cl2N4O3S. The molecule has 0 spiro atoms. The number of amides is 1. The predicted molar refractivity (Wildman–Crippen MR) is 109 cm³/mol. The molecule has 1 atom stereocenters. The van der Waals surface area contributed by atoms with E-state index in [-0.39, 0.29) is 30.7 Å². The van der Waals surface area contributed by atoms with Gasteiger partial charge in [0.2, 0.25) is 0 Å². The van der Waals surface area contributed by atoms with Gasteiger partial charge in [-0.1, -0.05) is 0 Å². The van der Waals surface area contributed by atoms with E-state index in [1.165, 1.54) is 0 Å². The van der Waals surface area contributed by atoms with E-state index in [1.54, 1.807) is 48.6 Å². The lowest BCUT2D eigenvalue weighted by Gasteiger charge is -2.14. The van der Waals surface area contributed by atoms with Crippen LogP contribution in [0.3, 0.4) is 0 Å². The third-order valence-corrected chi connectivity index (χ3v) is 4.04. The minimum Gasteiger partial charge on any atom is -0.480 e. The zero-order valence-corrected chi connectivity index (χ0v) is 16.5. The van der Waals surface area contributed by atoms with Crippen molar-refractivity contribution in [3.8, 4) is 0 Å². The third-order valence-electron chi connectivity index (χ3n) is 3.40. The number of nitrogens with one attached hydrogen (secondary N) is 3. The second-order valence-corrected chi connectivity index (χ2v) is 6.14. The number of hydrogen-bond acceptors (Lipinski definition) is 5. The SMILES string of the molecule is CSCCC(NC(=O)c1ccc(NCc2cnc[nH]2)cc1)C(=O)O.Cl.Cl. The first-order valence-corrected chi connectivity index (χ1v) is 8.83. The lowest BCUT2D eigenvalue weighted by molar-refractivity contribution is -0.139. The number of benzene rings is 1. The van der Waals surface area contributed by atoms with Crippen molar-refractivity contribution in [2.24, 2.45) is 0 Å². The Balaban J connectivity index is 0.00000312. The van der Waals surface area contributed by atoms with Gasteiger partial charge in [0.05, 0.1) is 18.6 Å². The van der Waals surface area contributed by atoms with Gasteiger partial charge < -0.3 is 20.7 Å². The van der Waals surface area contributed by atoms with Crippen LogP contribution in [0, 0.1) is 0 Å². The van der Waals surface area contributed by atoms with Gasteiger partial charge in [-0.15, -0.1) is 24.8 Å². The Kier molecular flexibility index (Phi) is 11.5. The summed E-state index contributed by atoms with van der Waals surface area (Å²) in [5, 5.41) is 14.9. The molecule has 2 rings (SSSR count). The van der Waals surface area contributed by atoms with Crippen LogP contribution in [-0.2, 0) is 11.3 Å². The first-order valence-electron chi connectivity index (χ1n) is 7.44. The number of aromatic nitrogens is 2. The van der Waals surface area contributed by atoms with E-state index in [0.717, 1.165) is 11.4 Å². The van der Waals surface area contributed by atoms with Gasteiger partial charge in [0.25, 0.3) is 5.91 Å². The van der Waals surface area contributed by atoms with Crippen molar-refractivity contribution in [3.05, 3.63) is 48.0 Å². The van der Waals surface area contributed by atoms with Gasteiger partial charge in [-0.25, -0.2) is 9.78 Å². The molecule has 0 aliphatic carbocycles. The predicted octanol–water partition coefficient (Wildman–Crippen LogP) is 2.80. The smallest absolute Gasteiger partial charge is 0.326 e. The molecule has 0 saturated heterocycles. The Hall–Kier alpha value is -1.90. The molecule has 26 heavy (non-hydrogen) atoms. The normalized spacial score (nSPS) is 10.8. The first kappa shape index (κ1) is 24.1. The number of rotatable bonds is 9. The molecule has 0 aliphatic rings. The van der Waals surface area contributed by atoms with Crippen molar-refractivity contribution in [1.29, 1.82) is 0 Å². The van der Waals surface area contributed by atoms with Crippen LogP contribution in [0.1, 0.15) is 22.5 Å². The van der Waals surface area contributed by atoms with Crippen molar-refractivity contribution in [2.75, 3.05) is 17.3 Å². The van der Waals surface area contributed by atoms with E-state index >= 15 is 0 Å². The van der Waals surface area contributed by atoms with E-state index in [4.69, 9.17) is 5.11 Å². The van der Waals surface area contributed by atoms with Crippen LogP contribution in [0.4, 0.5) is 5.69 Å². The highest BCUT2D eigenvalue weighted by Crippen LogP contribution is 2.11. The largest absolute Gasteiger partial charge is 0.480 e. The second kappa shape index (κ2) is 12.5. The van der Waals surface area contributed by atoms with Crippen molar-refractivity contribution in [2.45, 2.75) is 19.0 Å². The number of nitrogens with zero attached hydrogens (tertiary/aromatic N) is 1. The standard InChI is InChI=1S/C16H20N4O3S.2ClH/c1-24-7-6-14(16(22)23)20-15(21)11-2-4-12(5-3-11)18-9-13-8-17-10-19-13;;/h2-5,8,10,14,18H,6-7,9H2,1H3,(H,17,19)(H,20,21)(H,22,23);2*1H. The minimum atomic E-state index is -1.02. The Labute approximate surface area is 168 Å². The molecule has 1 aromatic carbocycles. The highest BCUT2D eigenvalue weighted by molar-refractivity contribution is 7.98. The Morgan fingerprint density at radius 2 is 1.96 bits per heavy atom. The fourth-order valence-corrected chi connectivity index (χ4v) is 2.52. The number of anilines is 1. The third kappa shape index (κ3) is 7.55. The van der Waals surface area contributed by atoms with Gasteiger partial charge in [0.15, 0.2) is 0 Å². The summed E-state index contributed by atoms with van der Waals surface area (Å²) in [6.45, 7) is 0.599. The highest BCUT2D eigenvalue weighted by atomic mass is 35.5. The number of aliphatic carboxylic acids is 1. The van der Waals surface area contributed by atoms with Crippen molar-refractivity contribution >= 4 is 54.1 Å². The van der Waals surface area contributed by atoms with Crippen LogP contribution >= 0.6 is 36.6 Å². The van der Waals surface area contributed by atoms with E-state index in [2.05, 4.69) is 20.6 Å². The molecule has 0 saturated carbocycles. The Morgan fingerprint density at radius 3 is 2.50 bits per heavy atom. The van der Waals surface area contributed by atoms with Gasteiger partial charge in [0.1, 0.15) is 6.04 Å². The van der Waals surface area contributed by atoms with Crippen LogP contribution in [-0.4, -0.2) is 45.0 Å². The molecule has 1 heterocycles. The average Bonchev–Trinajstić information content (AvgIpc) is 3.10. The van der Waals surface area contributed by atoms with Crippen molar-refractivity contribution in [3.63, 3.8) is 0 Å². The molecule has 0 radical (unpaired) electrons. The van der Waals surface area contributed by atoms with Crippen molar-refractivity contribution < 1.29 is 14.7 Å². The lowest BCUT2D eigenvalue weighted by Crippen LogP contribution is -2.41. The molecule has 144 valence electrons. The summed E-state index contributed by atoms with van der Waals surface area (Å²) in [5.74, 6) is -0.730. The fraction of sp³-hybridized carbons (Fsp3) is 0.312. The number of halogens is 2. The number of H-pyrrole nitrogens is 1. The highest BCUT2D eigenvalue weighted by Gasteiger charge is 2.20. The molecular weight excluding hydrogens is 399 g/mol. The van der Waals surface area contributed by atoms with E-state index < -0.39 is 12.0 Å². The summed E-state index contributed by atoms with van der Waals surface area (Å²) in [6, 6.07) is 6.02. The fourth-order valence-electron chi connectivity index (χ4n) is 2.05. The molecule has 10 heteroatoms. The van der Waals surface area contributed by atoms with Crippen LogP contribution in [0.2, 0.25) is 0 Å². The van der Waals surface area contributed by atoms with Gasteiger partial charge in [0, 0.05) is 17.4 Å². The molecule has 0 fully saturated rings. The number of hydrogen-bond donors (Lipinski definition) is 4. The van der Waals surface area contributed by atoms with Gasteiger partial charge in [-0.2, -0.15) is 11.8 Å². The van der Waals surface area contributed by atoms with Gasteiger partial charge >= 0.3 is 5.97 Å². The number of carboxylic acids is 1. The summed E-state index contributed by atoms with van der Waals surface area (Å²) in [7, 11) is 0. The van der Waals surface area contributed by atoms with E-state index in [9.17, 15) is 9.59 Å². The maximum absolute atomic E-state index is 12.2. The zero-order chi connectivity index (χ0) is 17.4. The summed E-state index contributed by atoms with van der Waals surface area (Å²) in [4.78, 5) is 30.3. The van der Waals surface area contributed by atoms with Crippen LogP contribution in [0.15, 0.2) is 36.8 Å². The molecule has 0 bridgehead atoms. The molecule has 0 aliphatic heterocycles. The maximum atomic E-state index is 12.2. The maximum Gasteiger partial charge on any atom is 0.326 e. The van der Waals surface area contributed by atoms with E-state index in [0.29, 0.717) is 24.3 Å². The lowest BCUT2D eigenvalue weighted by atomic mass is 10.1. The summed E-state index contributed by atoms with van der Waals surface area (Å²) in [5.41, 5.74) is 2.24. The van der Waals surface area contributed by atoms with Crippen LogP contribution in [0.25, 0.3) is 0 Å². The minimum absolute atomic E-state index is 0. The summed E-state index contributed by atoms with van der Waals surface area (Å²) in [6.07, 6.45) is 5.64. The number of carbonyl (C=O) groups excluding carboxylic acids is 1. The monoisotopic (exact) mass is 420 g/mol. The Bertz CT molecular complexity index is 669. The molecule has 1 unspecified atom stereocenters.